The van der Waals surface area contributed by atoms with Gasteiger partial charge in [-0.15, -0.1) is 0 Å². The minimum atomic E-state index is -2.82. The van der Waals surface area contributed by atoms with Crippen LogP contribution in [0.1, 0.15) is 19.8 Å². The molecule has 3 heterocycles. The van der Waals surface area contributed by atoms with Gasteiger partial charge in [-0.3, -0.25) is 0 Å². The highest BCUT2D eigenvalue weighted by molar-refractivity contribution is 7.91. The maximum atomic E-state index is 11.6. The first-order valence-corrected chi connectivity index (χ1v) is 11.9. The quantitative estimate of drug-likeness (QED) is 0.786. The van der Waals surface area contributed by atoms with Crippen LogP contribution < -0.4 is 9.80 Å². The van der Waals surface area contributed by atoms with Crippen LogP contribution in [0, 0.1) is 11.8 Å². The van der Waals surface area contributed by atoms with Crippen LogP contribution in [0.25, 0.3) is 0 Å². The van der Waals surface area contributed by atoms with Gasteiger partial charge in [-0.25, -0.2) is 8.42 Å². The van der Waals surface area contributed by atoms with Crippen LogP contribution in [0.2, 0.25) is 0 Å². The molecule has 3 aliphatic heterocycles. The average molecular weight is 378 g/mol. The van der Waals surface area contributed by atoms with E-state index in [2.05, 4.69) is 45.9 Å². The van der Waals surface area contributed by atoms with Crippen molar-refractivity contribution < 1.29 is 8.42 Å². The molecule has 144 valence electrons. The summed E-state index contributed by atoms with van der Waals surface area (Å²) in [7, 11) is -2.82. The Kier molecular flexibility index (Phi) is 5.15. The van der Waals surface area contributed by atoms with E-state index in [0.717, 1.165) is 17.5 Å². The second kappa shape index (κ2) is 7.39. The lowest BCUT2D eigenvalue weighted by molar-refractivity contribution is 0.311. The van der Waals surface area contributed by atoms with Crippen molar-refractivity contribution in [3.8, 4) is 0 Å². The Bertz CT molecular complexity index is 691. The van der Waals surface area contributed by atoms with E-state index in [1.807, 2.05) is 0 Å². The Morgan fingerprint density at radius 3 is 1.96 bits per heavy atom. The summed E-state index contributed by atoms with van der Waals surface area (Å²) < 4.78 is 23.2. The van der Waals surface area contributed by atoms with Gasteiger partial charge in [-0.05, 0) is 49.1 Å². The molecular formula is C20H31N3O2S. The molecule has 0 saturated carbocycles. The Morgan fingerprint density at radius 1 is 0.885 bits per heavy atom. The molecular weight excluding hydrogens is 346 g/mol. The molecule has 1 aromatic rings. The van der Waals surface area contributed by atoms with Crippen LogP contribution in [0.5, 0.6) is 0 Å². The van der Waals surface area contributed by atoms with Gasteiger partial charge in [-0.1, -0.05) is 13.3 Å². The summed E-state index contributed by atoms with van der Waals surface area (Å²) in [6.07, 6.45) is 2.61. The molecule has 4 rings (SSSR count). The van der Waals surface area contributed by atoms with Gasteiger partial charge in [-0.2, -0.15) is 0 Å². The first kappa shape index (κ1) is 18.1. The predicted octanol–water partition coefficient (Wildman–Crippen LogP) is 2.09. The number of rotatable bonds is 5. The summed E-state index contributed by atoms with van der Waals surface area (Å²) in [6, 6.07) is 8.76. The molecule has 0 amide bonds. The number of unbranched alkanes of at least 4 members (excludes halogenated alkanes) is 1. The highest BCUT2D eigenvalue weighted by atomic mass is 32.2. The summed E-state index contributed by atoms with van der Waals surface area (Å²) in [6.45, 7) is 9.65. The van der Waals surface area contributed by atoms with Gasteiger partial charge in [0.1, 0.15) is 0 Å². The van der Waals surface area contributed by atoms with E-state index >= 15 is 0 Å². The molecule has 0 bridgehead atoms. The molecule has 2 atom stereocenters. The fourth-order valence-corrected chi connectivity index (χ4v) is 5.91. The molecule has 1 aromatic carbocycles. The molecule has 26 heavy (non-hydrogen) atoms. The lowest BCUT2D eigenvalue weighted by Crippen LogP contribution is -2.40. The number of sulfone groups is 1. The van der Waals surface area contributed by atoms with Crippen LogP contribution in [0.15, 0.2) is 24.3 Å². The summed E-state index contributed by atoms with van der Waals surface area (Å²) in [5, 5.41) is 0. The average Bonchev–Trinajstić information content (AvgIpc) is 3.19. The number of anilines is 2. The van der Waals surface area contributed by atoms with E-state index in [-0.39, 0.29) is 11.5 Å². The highest BCUT2D eigenvalue weighted by Gasteiger charge is 2.39. The highest BCUT2D eigenvalue weighted by Crippen LogP contribution is 2.34. The molecule has 0 spiro atoms. The zero-order valence-corrected chi connectivity index (χ0v) is 16.6. The van der Waals surface area contributed by atoms with Crippen molar-refractivity contribution in [3.63, 3.8) is 0 Å². The fourth-order valence-electron chi connectivity index (χ4n) is 4.71. The zero-order chi connectivity index (χ0) is 18.1. The van der Waals surface area contributed by atoms with Crippen molar-refractivity contribution in [2.24, 2.45) is 11.8 Å². The maximum Gasteiger partial charge on any atom is 0.153 e. The molecule has 0 unspecified atom stereocenters. The third-order valence-corrected chi connectivity index (χ3v) is 7.92. The summed E-state index contributed by atoms with van der Waals surface area (Å²) in [4.78, 5) is 7.38. The lowest BCUT2D eigenvalue weighted by atomic mass is 10.0. The molecule has 0 aromatic heterocycles. The maximum absolute atomic E-state index is 11.6. The van der Waals surface area contributed by atoms with Gasteiger partial charge in [0.25, 0.3) is 0 Å². The fraction of sp³-hybridized carbons (Fsp3) is 0.700. The molecule has 0 radical (unpaired) electrons. The number of benzene rings is 1. The third-order valence-electron chi connectivity index (χ3n) is 6.31. The Labute approximate surface area is 157 Å². The monoisotopic (exact) mass is 377 g/mol. The minimum Gasteiger partial charge on any atom is -0.371 e. The van der Waals surface area contributed by atoms with E-state index in [1.165, 1.54) is 51.3 Å². The summed E-state index contributed by atoms with van der Waals surface area (Å²) in [5.74, 6) is 2.19. The Hall–Kier alpha value is -1.27. The van der Waals surface area contributed by atoms with E-state index < -0.39 is 9.84 Å². The number of likely N-dealkylation sites (tertiary alicyclic amines) is 1. The molecule has 5 nitrogen and oxygen atoms in total. The third kappa shape index (κ3) is 3.86. The van der Waals surface area contributed by atoms with Crippen molar-refractivity contribution in [3.05, 3.63) is 24.3 Å². The summed E-state index contributed by atoms with van der Waals surface area (Å²) in [5.41, 5.74) is 2.46. The zero-order valence-electron chi connectivity index (χ0n) is 15.8. The van der Waals surface area contributed by atoms with Crippen LogP contribution in [-0.4, -0.2) is 70.6 Å². The van der Waals surface area contributed by atoms with Crippen molar-refractivity contribution in [2.45, 2.75) is 19.8 Å². The van der Waals surface area contributed by atoms with Crippen LogP contribution >= 0.6 is 0 Å². The first-order valence-electron chi connectivity index (χ1n) is 10.1. The smallest absolute Gasteiger partial charge is 0.153 e. The lowest BCUT2D eigenvalue weighted by Gasteiger charge is -2.29. The Morgan fingerprint density at radius 2 is 1.42 bits per heavy atom. The molecule has 3 fully saturated rings. The topological polar surface area (TPSA) is 43.9 Å². The number of hydrogen-bond acceptors (Lipinski definition) is 5. The minimum absolute atomic E-state index is 0.277. The largest absolute Gasteiger partial charge is 0.371 e. The van der Waals surface area contributed by atoms with Crippen molar-refractivity contribution in [2.75, 3.05) is 67.1 Å². The molecule has 0 N–H and O–H groups in total. The van der Waals surface area contributed by atoms with Gasteiger partial charge in [0.15, 0.2) is 9.84 Å². The van der Waals surface area contributed by atoms with Crippen LogP contribution in [0.3, 0.4) is 0 Å². The summed E-state index contributed by atoms with van der Waals surface area (Å²) >= 11 is 0. The molecule has 0 aliphatic carbocycles. The number of fused-ring (bicyclic) bond motifs is 1. The molecule has 3 saturated heterocycles. The van der Waals surface area contributed by atoms with Crippen LogP contribution in [0.4, 0.5) is 11.4 Å². The van der Waals surface area contributed by atoms with Crippen molar-refractivity contribution >= 4 is 21.2 Å². The van der Waals surface area contributed by atoms with Crippen molar-refractivity contribution in [1.82, 2.24) is 4.90 Å². The van der Waals surface area contributed by atoms with Crippen LogP contribution in [-0.2, 0) is 9.84 Å². The Balaban J connectivity index is 1.33. The number of nitrogens with zero attached hydrogens (tertiary/aromatic N) is 3. The van der Waals surface area contributed by atoms with Gasteiger partial charge < -0.3 is 14.7 Å². The predicted molar refractivity (Wildman–Crippen MR) is 108 cm³/mol. The van der Waals surface area contributed by atoms with E-state index in [4.69, 9.17) is 0 Å². The van der Waals surface area contributed by atoms with E-state index in [0.29, 0.717) is 13.1 Å². The molecule has 6 heteroatoms. The van der Waals surface area contributed by atoms with Crippen molar-refractivity contribution in [1.29, 1.82) is 0 Å². The SMILES string of the molecule is CCCCN1C[C@@H]2CN(c3ccc(N4CCS(=O)(=O)CC4)cc3)C[C@@H]2C1. The number of hydrogen-bond donors (Lipinski definition) is 0. The molecule has 3 aliphatic rings. The van der Waals surface area contributed by atoms with Gasteiger partial charge in [0, 0.05) is 50.6 Å². The van der Waals surface area contributed by atoms with E-state index in [1.54, 1.807) is 0 Å². The van der Waals surface area contributed by atoms with Gasteiger partial charge >= 0.3 is 0 Å². The second-order valence-corrected chi connectivity index (χ2v) is 10.5. The van der Waals surface area contributed by atoms with E-state index in [9.17, 15) is 8.42 Å². The second-order valence-electron chi connectivity index (χ2n) is 8.19. The standard InChI is InChI=1S/C20H31N3O2S/c1-2-3-8-21-13-17-15-23(16-18(17)14-21)20-6-4-19(5-7-20)22-9-11-26(24,25)12-10-22/h4-7,17-18H,2-3,8-16H2,1H3/t17-,18+. The first-order chi connectivity index (χ1) is 12.5. The van der Waals surface area contributed by atoms with Gasteiger partial charge in [0.2, 0.25) is 0 Å². The van der Waals surface area contributed by atoms with Gasteiger partial charge in [0.05, 0.1) is 11.5 Å². The normalized spacial score (nSPS) is 28.5.